The third kappa shape index (κ3) is 7.54. The van der Waals surface area contributed by atoms with E-state index in [2.05, 4.69) is 0 Å². The molecule has 12 heteroatoms. The second-order valence-corrected chi connectivity index (χ2v) is 13.1. The number of methoxy groups -OCH3 is 2. The lowest BCUT2D eigenvalue weighted by Crippen LogP contribution is -2.40. The van der Waals surface area contributed by atoms with Crippen molar-refractivity contribution in [2.45, 2.75) is 26.5 Å². The standard InChI is InChI=1S/C39H34Cl2N2O7S/c1-5-48-32-18-23(12-16-30(32)50-22-26-13-15-27(40)21-28(26)41)19-33-37(44)43-36(25-14-17-29(46-3)31(20-25)47-4)34(38(45)49-6-2)35(42-39(43)51-33)24-10-8-7-9-11-24/h7-21,36H,5-6,22H2,1-4H3/b33-19-/t36-/m1/s1. The van der Waals surface area contributed by atoms with E-state index in [1.807, 2.05) is 55.5 Å². The second kappa shape index (κ2) is 15.9. The highest BCUT2D eigenvalue weighted by Crippen LogP contribution is 2.38. The molecule has 6 rings (SSSR count). The molecule has 0 aliphatic carbocycles. The molecule has 0 unspecified atom stereocenters. The number of esters is 1. The van der Waals surface area contributed by atoms with Crippen molar-refractivity contribution in [3.8, 4) is 23.0 Å². The van der Waals surface area contributed by atoms with Gasteiger partial charge in [-0.3, -0.25) is 9.36 Å². The van der Waals surface area contributed by atoms with Crippen molar-refractivity contribution < 1.29 is 28.5 Å². The van der Waals surface area contributed by atoms with Crippen LogP contribution in [0, 0.1) is 0 Å². The van der Waals surface area contributed by atoms with E-state index < -0.39 is 12.0 Å². The lowest BCUT2D eigenvalue weighted by molar-refractivity contribution is -0.138. The molecule has 4 aromatic carbocycles. The Labute approximate surface area is 308 Å². The molecule has 0 saturated heterocycles. The predicted octanol–water partition coefficient (Wildman–Crippen LogP) is 7.24. The van der Waals surface area contributed by atoms with Gasteiger partial charge in [0.05, 0.1) is 49.3 Å². The molecule has 5 aromatic rings. The van der Waals surface area contributed by atoms with Crippen molar-refractivity contribution in [1.82, 2.24) is 4.57 Å². The topological polar surface area (TPSA) is 97.6 Å². The summed E-state index contributed by atoms with van der Waals surface area (Å²) in [7, 11) is 3.08. The van der Waals surface area contributed by atoms with Gasteiger partial charge in [0.25, 0.3) is 5.56 Å². The van der Waals surface area contributed by atoms with Crippen LogP contribution in [-0.2, 0) is 16.1 Å². The molecule has 262 valence electrons. The number of carbonyl (C=O) groups excluding carboxylic acids is 1. The Morgan fingerprint density at radius 1 is 0.863 bits per heavy atom. The minimum atomic E-state index is -0.882. The van der Waals surface area contributed by atoms with Gasteiger partial charge in [0, 0.05) is 21.2 Å². The number of rotatable bonds is 12. The fourth-order valence-electron chi connectivity index (χ4n) is 5.73. The third-order valence-electron chi connectivity index (χ3n) is 8.06. The molecule has 1 aliphatic heterocycles. The van der Waals surface area contributed by atoms with Gasteiger partial charge in [0.2, 0.25) is 0 Å². The van der Waals surface area contributed by atoms with E-state index in [1.54, 1.807) is 56.5 Å². The van der Waals surface area contributed by atoms with Gasteiger partial charge in [-0.05, 0) is 67.4 Å². The van der Waals surface area contributed by atoms with Crippen LogP contribution in [-0.4, -0.2) is 38.0 Å². The molecule has 0 amide bonds. The number of hydrogen-bond acceptors (Lipinski definition) is 9. The normalized spacial score (nSPS) is 14.1. The van der Waals surface area contributed by atoms with Crippen LogP contribution in [0.2, 0.25) is 10.0 Å². The number of fused-ring (bicyclic) bond motifs is 1. The number of nitrogens with zero attached hydrogens (tertiary/aromatic N) is 2. The summed E-state index contributed by atoms with van der Waals surface area (Å²) in [6.45, 7) is 4.36. The molecular weight excluding hydrogens is 711 g/mol. The zero-order chi connectivity index (χ0) is 36.1. The monoisotopic (exact) mass is 744 g/mol. The number of halogens is 2. The molecule has 0 fully saturated rings. The quantitative estimate of drug-likeness (QED) is 0.124. The second-order valence-electron chi connectivity index (χ2n) is 11.2. The Morgan fingerprint density at radius 3 is 2.33 bits per heavy atom. The molecule has 2 heterocycles. The van der Waals surface area contributed by atoms with Crippen LogP contribution in [0.5, 0.6) is 23.0 Å². The summed E-state index contributed by atoms with van der Waals surface area (Å²) in [5.74, 6) is 1.39. The number of ether oxygens (including phenoxy) is 5. The van der Waals surface area contributed by atoms with Crippen molar-refractivity contribution in [2.24, 2.45) is 4.99 Å². The Balaban J connectivity index is 1.49. The summed E-state index contributed by atoms with van der Waals surface area (Å²) >= 11 is 13.6. The molecule has 0 spiro atoms. The minimum absolute atomic E-state index is 0.141. The maximum atomic E-state index is 14.4. The molecule has 0 N–H and O–H groups in total. The van der Waals surface area contributed by atoms with Gasteiger partial charge < -0.3 is 23.7 Å². The number of benzene rings is 4. The van der Waals surface area contributed by atoms with Crippen molar-refractivity contribution in [1.29, 1.82) is 0 Å². The minimum Gasteiger partial charge on any atom is -0.493 e. The van der Waals surface area contributed by atoms with E-state index in [0.29, 0.717) is 71.4 Å². The van der Waals surface area contributed by atoms with Gasteiger partial charge in [-0.2, -0.15) is 0 Å². The fourth-order valence-corrected chi connectivity index (χ4v) is 7.19. The molecule has 1 atom stereocenters. The van der Waals surface area contributed by atoms with Crippen molar-refractivity contribution in [3.63, 3.8) is 0 Å². The summed E-state index contributed by atoms with van der Waals surface area (Å²) in [5, 5.41) is 1.04. The van der Waals surface area contributed by atoms with Gasteiger partial charge in [0.15, 0.2) is 27.8 Å². The Bertz CT molecular complexity index is 2300. The van der Waals surface area contributed by atoms with Gasteiger partial charge in [-0.1, -0.05) is 83.1 Å². The van der Waals surface area contributed by atoms with E-state index in [9.17, 15) is 9.59 Å². The number of aromatic nitrogens is 1. The summed E-state index contributed by atoms with van der Waals surface area (Å²) in [6, 6.07) is 24.5. The fraction of sp³-hybridized carbons (Fsp3) is 0.205. The highest BCUT2D eigenvalue weighted by Gasteiger charge is 2.35. The summed E-state index contributed by atoms with van der Waals surface area (Å²) < 4.78 is 30.6. The van der Waals surface area contributed by atoms with Crippen LogP contribution < -0.4 is 33.8 Å². The third-order valence-corrected chi connectivity index (χ3v) is 9.63. The van der Waals surface area contributed by atoms with Crippen LogP contribution in [0.1, 0.15) is 42.1 Å². The molecule has 0 bridgehead atoms. The largest absolute Gasteiger partial charge is 0.493 e. The van der Waals surface area contributed by atoms with Crippen LogP contribution in [0.3, 0.4) is 0 Å². The number of hydrogen-bond donors (Lipinski definition) is 0. The SMILES string of the molecule is CCOC(=O)C1=C(c2ccccc2)N=c2s/c(=C\c3ccc(OCc4ccc(Cl)cc4Cl)c(OCC)c3)c(=O)n2[C@@H]1c1ccc(OC)c(OC)c1. The molecule has 0 radical (unpaired) electrons. The molecule has 0 saturated carbocycles. The van der Waals surface area contributed by atoms with E-state index in [4.69, 9.17) is 51.9 Å². The average Bonchev–Trinajstić information content (AvgIpc) is 3.45. The highest BCUT2D eigenvalue weighted by atomic mass is 35.5. The highest BCUT2D eigenvalue weighted by molar-refractivity contribution is 7.07. The van der Waals surface area contributed by atoms with Crippen molar-refractivity contribution in [2.75, 3.05) is 27.4 Å². The van der Waals surface area contributed by atoms with Crippen molar-refractivity contribution >= 4 is 52.3 Å². The first-order chi connectivity index (χ1) is 24.8. The average molecular weight is 746 g/mol. The summed E-state index contributed by atoms with van der Waals surface area (Å²) in [4.78, 5) is 33.6. The van der Waals surface area contributed by atoms with Crippen LogP contribution in [0.25, 0.3) is 11.8 Å². The first-order valence-electron chi connectivity index (χ1n) is 16.1. The predicted molar refractivity (Wildman–Crippen MR) is 199 cm³/mol. The van der Waals surface area contributed by atoms with Gasteiger partial charge in [0.1, 0.15) is 6.61 Å². The molecule has 9 nitrogen and oxygen atoms in total. The lowest BCUT2D eigenvalue weighted by atomic mass is 9.93. The smallest absolute Gasteiger partial charge is 0.338 e. The molecular formula is C39H34Cl2N2O7S. The molecule has 51 heavy (non-hydrogen) atoms. The van der Waals surface area contributed by atoms with Gasteiger partial charge in [-0.25, -0.2) is 9.79 Å². The lowest BCUT2D eigenvalue weighted by Gasteiger charge is -2.26. The van der Waals surface area contributed by atoms with E-state index >= 15 is 0 Å². The first kappa shape index (κ1) is 35.8. The van der Waals surface area contributed by atoms with Crippen LogP contribution in [0.15, 0.2) is 100 Å². The van der Waals surface area contributed by atoms with E-state index in [1.165, 1.54) is 23.0 Å². The molecule has 1 aromatic heterocycles. The molecule has 1 aliphatic rings. The van der Waals surface area contributed by atoms with Gasteiger partial charge >= 0.3 is 5.97 Å². The summed E-state index contributed by atoms with van der Waals surface area (Å²) in [5.41, 5.74) is 3.12. The van der Waals surface area contributed by atoms with E-state index in [-0.39, 0.29) is 24.3 Å². The van der Waals surface area contributed by atoms with Crippen LogP contribution in [0.4, 0.5) is 0 Å². The zero-order valence-electron chi connectivity index (χ0n) is 28.3. The van der Waals surface area contributed by atoms with E-state index in [0.717, 1.165) is 5.56 Å². The summed E-state index contributed by atoms with van der Waals surface area (Å²) in [6.07, 6.45) is 1.77. The Morgan fingerprint density at radius 2 is 1.63 bits per heavy atom. The first-order valence-corrected chi connectivity index (χ1v) is 17.7. The number of carbonyl (C=O) groups is 1. The van der Waals surface area contributed by atoms with Crippen molar-refractivity contribution in [3.05, 3.63) is 142 Å². The van der Waals surface area contributed by atoms with Gasteiger partial charge in [-0.15, -0.1) is 0 Å². The van der Waals surface area contributed by atoms with Crippen LogP contribution >= 0.6 is 34.5 Å². The Hall–Kier alpha value is -5.03. The zero-order valence-corrected chi connectivity index (χ0v) is 30.6. The maximum Gasteiger partial charge on any atom is 0.338 e. The number of thiazole rings is 1. The Kier molecular flexibility index (Phi) is 11.1. The maximum absolute atomic E-state index is 14.4.